The number of hydrazone groups is 1. The lowest BCUT2D eigenvalue weighted by atomic mass is 10.2. The Labute approximate surface area is 189 Å². The van der Waals surface area contributed by atoms with Crippen molar-refractivity contribution in [3.05, 3.63) is 90.0 Å². The van der Waals surface area contributed by atoms with Crippen molar-refractivity contribution in [2.24, 2.45) is 15.3 Å². The molecule has 12 heteroatoms. The number of hydrogen-bond acceptors (Lipinski definition) is 4. The quantitative estimate of drug-likeness (QED) is 0.141. The molecule has 176 valence electrons. The van der Waals surface area contributed by atoms with Crippen molar-refractivity contribution in [2.45, 2.75) is 12.4 Å². The number of halogens is 6. The lowest BCUT2D eigenvalue weighted by Gasteiger charge is -2.08. The van der Waals surface area contributed by atoms with Crippen LogP contribution in [0.25, 0.3) is 0 Å². The second-order valence-electron chi connectivity index (χ2n) is 6.69. The zero-order valence-corrected chi connectivity index (χ0v) is 17.0. The third-order valence-electron chi connectivity index (χ3n) is 4.19. The number of azo groups is 1. The summed E-state index contributed by atoms with van der Waals surface area (Å²) < 4.78 is 76.2. The van der Waals surface area contributed by atoms with Gasteiger partial charge in [0.05, 0.1) is 22.5 Å². The van der Waals surface area contributed by atoms with Gasteiger partial charge in [-0.2, -0.15) is 26.3 Å². The van der Waals surface area contributed by atoms with Gasteiger partial charge in [0.15, 0.2) is 0 Å². The number of para-hydroxylation sites is 1. The Hall–Kier alpha value is -4.22. The number of alkyl halides is 6. The first kappa shape index (κ1) is 24.4. The summed E-state index contributed by atoms with van der Waals surface area (Å²) in [5.41, 5.74) is 1.21. The van der Waals surface area contributed by atoms with Gasteiger partial charge in [-0.25, -0.2) is 0 Å². The van der Waals surface area contributed by atoms with Gasteiger partial charge in [-0.1, -0.05) is 18.2 Å². The number of benzene rings is 3. The average Bonchev–Trinajstić information content (AvgIpc) is 2.79. The smallest absolute Gasteiger partial charge is 0.319 e. The van der Waals surface area contributed by atoms with E-state index < -0.39 is 35.2 Å². The van der Waals surface area contributed by atoms with E-state index in [1.807, 2.05) is 0 Å². The van der Waals surface area contributed by atoms with E-state index in [1.54, 1.807) is 30.3 Å². The second kappa shape index (κ2) is 10.1. The van der Waals surface area contributed by atoms with Gasteiger partial charge in [0.25, 0.3) is 11.7 Å². The highest BCUT2D eigenvalue weighted by atomic mass is 19.4. The van der Waals surface area contributed by atoms with Crippen LogP contribution in [0.15, 0.2) is 94.2 Å². The number of nitrogens with zero attached hydrogens (tertiary/aromatic N) is 3. The van der Waals surface area contributed by atoms with E-state index in [0.29, 0.717) is 5.69 Å². The Morgan fingerprint density at radius 3 is 1.74 bits per heavy atom. The summed E-state index contributed by atoms with van der Waals surface area (Å²) in [6, 6.07) is 15.8. The molecule has 0 aromatic heterocycles. The predicted octanol–water partition coefficient (Wildman–Crippen LogP) is 6.87. The molecular formula is C22H15F6N5O. The summed E-state index contributed by atoms with van der Waals surface area (Å²) >= 11 is 0. The maximum Gasteiger partial charge on any atom is 0.416 e. The number of carbonyl (C=O) groups is 1. The monoisotopic (exact) mass is 479 g/mol. The van der Waals surface area contributed by atoms with Crippen LogP contribution in [0.1, 0.15) is 11.1 Å². The predicted molar refractivity (Wildman–Crippen MR) is 114 cm³/mol. The summed E-state index contributed by atoms with van der Waals surface area (Å²) in [6.45, 7) is 0. The molecule has 6 nitrogen and oxygen atoms in total. The summed E-state index contributed by atoms with van der Waals surface area (Å²) in [7, 11) is 0. The fourth-order valence-corrected chi connectivity index (χ4v) is 2.50. The minimum absolute atomic E-state index is 0.0164. The van der Waals surface area contributed by atoms with E-state index in [2.05, 4.69) is 26.1 Å². The molecular weight excluding hydrogens is 464 g/mol. The highest BCUT2D eigenvalue weighted by Crippen LogP contribution is 2.31. The van der Waals surface area contributed by atoms with Crippen LogP contribution < -0.4 is 10.7 Å². The largest absolute Gasteiger partial charge is 0.416 e. The minimum atomic E-state index is -4.52. The van der Waals surface area contributed by atoms with Crippen molar-refractivity contribution in [3.8, 4) is 0 Å². The van der Waals surface area contributed by atoms with E-state index in [0.717, 1.165) is 48.5 Å². The molecule has 0 fully saturated rings. The highest BCUT2D eigenvalue weighted by Gasteiger charge is 2.30. The second-order valence-corrected chi connectivity index (χ2v) is 6.69. The molecule has 0 bridgehead atoms. The van der Waals surface area contributed by atoms with Crippen molar-refractivity contribution >= 4 is 28.8 Å². The summed E-state index contributed by atoms with van der Waals surface area (Å²) in [6.07, 6.45) is -9.04. The van der Waals surface area contributed by atoms with Gasteiger partial charge in [-0.15, -0.1) is 15.3 Å². The summed E-state index contributed by atoms with van der Waals surface area (Å²) in [5.74, 6) is -1.34. The lowest BCUT2D eigenvalue weighted by Crippen LogP contribution is -2.22. The molecule has 0 atom stereocenters. The van der Waals surface area contributed by atoms with Gasteiger partial charge in [-0.05, 0) is 60.7 Å². The molecule has 0 aliphatic carbocycles. The van der Waals surface area contributed by atoms with E-state index in [4.69, 9.17) is 0 Å². The van der Waals surface area contributed by atoms with Crippen LogP contribution in [0.2, 0.25) is 0 Å². The summed E-state index contributed by atoms with van der Waals surface area (Å²) in [4.78, 5) is 12.6. The van der Waals surface area contributed by atoms with Crippen molar-refractivity contribution in [2.75, 3.05) is 10.7 Å². The SMILES string of the molecule is O=C(Nc1ccccc1)/C(N=Nc1ccc(C(F)(F)F)cc1)=N/Nc1ccc(C(F)(F)F)cc1. The fraction of sp³-hybridized carbons (Fsp3) is 0.0909. The molecule has 0 aliphatic rings. The van der Waals surface area contributed by atoms with E-state index in [9.17, 15) is 31.1 Å². The molecule has 34 heavy (non-hydrogen) atoms. The number of carbonyl (C=O) groups excluding carboxylic acids is 1. The van der Waals surface area contributed by atoms with Crippen LogP contribution in [0.4, 0.5) is 43.4 Å². The molecule has 0 radical (unpaired) electrons. The maximum atomic E-state index is 12.7. The first-order chi connectivity index (χ1) is 16.0. The van der Waals surface area contributed by atoms with E-state index >= 15 is 0 Å². The highest BCUT2D eigenvalue weighted by molar-refractivity contribution is 6.42. The fourth-order valence-electron chi connectivity index (χ4n) is 2.50. The van der Waals surface area contributed by atoms with E-state index in [1.165, 1.54) is 0 Å². The van der Waals surface area contributed by atoms with Crippen LogP contribution in [0.5, 0.6) is 0 Å². The van der Waals surface area contributed by atoms with Gasteiger partial charge in [0.1, 0.15) is 0 Å². The minimum Gasteiger partial charge on any atom is -0.319 e. The van der Waals surface area contributed by atoms with Gasteiger partial charge in [-0.3, -0.25) is 10.2 Å². The first-order valence-electron chi connectivity index (χ1n) is 9.49. The Bertz CT molecular complexity index is 1170. The zero-order chi connectivity index (χ0) is 24.8. The van der Waals surface area contributed by atoms with Crippen LogP contribution in [0, 0.1) is 0 Å². The molecule has 0 heterocycles. The molecule has 3 rings (SSSR count). The third-order valence-corrected chi connectivity index (χ3v) is 4.19. The zero-order valence-electron chi connectivity index (χ0n) is 17.0. The number of rotatable bonds is 4. The molecule has 2 N–H and O–H groups in total. The molecule has 0 saturated heterocycles. The number of hydrogen-bond donors (Lipinski definition) is 2. The van der Waals surface area contributed by atoms with Gasteiger partial charge >= 0.3 is 12.4 Å². The van der Waals surface area contributed by atoms with Gasteiger partial charge < -0.3 is 5.32 Å². The maximum absolute atomic E-state index is 12.7. The Morgan fingerprint density at radius 2 is 1.21 bits per heavy atom. The first-order valence-corrected chi connectivity index (χ1v) is 9.49. The third kappa shape index (κ3) is 6.89. The van der Waals surface area contributed by atoms with Gasteiger partial charge in [0, 0.05) is 5.69 Å². The van der Waals surface area contributed by atoms with Crippen LogP contribution in [0.3, 0.4) is 0 Å². The Balaban J connectivity index is 1.82. The molecule has 0 unspecified atom stereocenters. The normalized spacial score (nSPS) is 12.6. The number of anilines is 2. The molecule has 3 aromatic rings. The molecule has 3 aromatic carbocycles. The Kier molecular flexibility index (Phi) is 7.29. The topological polar surface area (TPSA) is 78.2 Å². The molecule has 0 saturated carbocycles. The molecule has 1 amide bonds. The van der Waals surface area contributed by atoms with Crippen molar-refractivity contribution in [1.82, 2.24) is 0 Å². The van der Waals surface area contributed by atoms with Crippen molar-refractivity contribution < 1.29 is 31.1 Å². The average molecular weight is 479 g/mol. The van der Waals surface area contributed by atoms with Crippen LogP contribution in [-0.4, -0.2) is 11.7 Å². The Morgan fingerprint density at radius 1 is 0.676 bits per heavy atom. The van der Waals surface area contributed by atoms with Crippen LogP contribution >= 0.6 is 0 Å². The standard InChI is InChI=1S/C22H15F6N5O/c23-21(24,25)14-6-10-17(11-7-14)30-32-19(20(34)29-16-4-2-1-3-5-16)33-31-18-12-8-15(9-13-18)22(26,27)28/h1-13,30H,(H,29,34)/b32-19-,33-31?. The number of nitrogens with one attached hydrogen (secondary N) is 2. The number of amides is 1. The molecule has 0 spiro atoms. The molecule has 0 aliphatic heterocycles. The van der Waals surface area contributed by atoms with Crippen molar-refractivity contribution in [1.29, 1.82) is 0 Å². The van der Waals surface area contributed by atoms with E-state index in [-0.39, 0.29) is 11.4 Å². The van der Waals surface area contributed by atoms with Crippen LogP contribution in [-0.2, 0) is 17.1 Å². The van der Waals surface area contributed by atoms with Gasteiger partial charge in [0.2, 0.25) is 0 Å². The lowest BCUT2D eigenvalue weighted by molar-refractivity contribution is -0.138. The summed E-state index contributed by atoms with van der Waals surface area (Å²) in [5, 5.41) is 13.7. The number of amidine groups is 1. The van der Waals surface area contributed by atoms with Crippen molar-refractivity contribution in [3.63, 3.8) is 0 Å².